The predicted molar refractivity (Wildman–Crippen MR) is 93.1 cm³/mol. The van der Waals surface area contributed by atoms with Crippen molar-refractivity contribution in [2.75, 3.05) is 7.05 Å². The number of hydrogen-bond acceptors (Lipinski definition) is 2. The van der Waals surface area contributed by atoms with Crippen molar-refractivity contribution in [3.8, 4) is 0 Å². The molecule has 0 aliphatic carbocycles. The van der Waals surface area contributed by atoms with Crippen molar-refractivity contribution < 1.29 is 0 Å². The van der Waals surface area contributed by atoms with Gasteiger partial charge in [0.25, 0.3) is 0 Å². The summed E-state index contributed by atoms with van der Waals surface area (Å²) in [4.78, 5) is 2.68. The Morgan fingerprint density at radius 2 is 1.90 bits per heavy atom. The molecule has 0 radical (unpaired) electrons. The molecule has 20 heavy (non-hydrogen) atoms. The average molecular weight is 373 g/mol. The van der Waals surface area contributed by atoms with E-state index in [1.165, 1.54) is 9.75 Å². The van der Waals surface area contributed by atoms with Gasteiger partial charge in [0.2, 0.25) is 0 Å². The van der Waals surface area contributed by atoms with Crippen LogP contribution in [-0.4, -0.2) is 7.05 Å². The molecular formula is C16H19BrClNS. The molecule has 2 aromatic rings. The molecule has 0 fully saturated rings. The highest BCUT2D eigenvalue weighted by Gasteiger charge is 2.22. The average Bonchev–Trinajstić information content (AvgIpc) is 2.85. The highest BCUT2D eigenvalue weighted by molar-refractivity contribution is 9.10. The highest BCUT2D eigenvalue weighted by Crippen LogP contribution is 2.38. The minimum atomic E-state index is 0.126. The van der Waals surface area contributed by atoms with E-state index in [4.69, 9.17) is 11.6 Å². The van der Waals surface area contributed by atoms with Gasteiger partial charge in [-0.3, -0.25) is 0 Å². The molecule has 1 aromatic heterocycles. The lowest BCUT2D eigenvalue weighted by Gasteiger charge is -2.18. The molecule has 4 heteroatoms. The van der Waals surface area contributed by atoms with E-state index >= 15 is 0 Å². The fourth-order valence-corrected chi connectivity index (χ4v) is 3.92. The first kappa shape index (κ1) is 16.0. The van der Waals surface area contributed by atoms with Gasteiger partial charge in [0.15, 0.2) is 0 Å². The molecule has 1 N–H and O–H groups in total. The van der Waals surface area contributed by atoms with Crippen LogP contribution >= 0.6 is 38.9 Å². The van der Waals surface area contributed by atoms with Crippen molar-refractivity contribution in [2.45, 2.75) is 32.2 Å². The Morgan fingerprint density at radius 1 is 1.20 bits per heavy atom. The van der Waals surface area contributed by atoms with Crippen LogP contribution in [0.2, 0.25) is 5.02 Å². The van der Waals surface area contributed by atoms with E-state index in [1.807, 2.05) is 30.5 Å². The molecule has 0 aliphatic rings. The zero-order chi connectivity index (χ0) is 14.9. The largest absolute Gasteiger partial charge is 0.309 e. The summed E-state index contributed by atoms with van der Waals surface area (Å²) in [5.74, 6) is 0. The number of hydrogen-bond donors (Lipinski definition) is 1. The summed E-state index contributed by atoms with van der Waals surface area (Å²) in [6.45, 7) is 6.72. The van der Waals surface area contributed by atoms with E-state index in [1.54, 1.807) is 0 Å². The molecular weight excluding hydrogens is 354 g/mol. The minimum Gasteiger partial charge on any atom is -0.309 e. The van der Waals surface area contributed by atoms with Crippen molar-refractivity contribution in [2.24, 2.45) is 0 Å². The van der Waals surface area contributed by atoms with Gasteiger partial charge in [0, 0.05) is 14.2 Å². The van der Waals surface area contributed by atoms with E-state index in [0.717, 1.165) is 15.1 Å². The monoisotopic (exact) mass is 371 g/mol. The Kier molecular flexibility index (Phi) is 4.96. The van der Waals surface area contributed by atoms with Gasteiger partial charge in [0.05, 0.1) is 11.1 Å². The van der Waals surface area contributed by atoms with Crippen LogP contribution in [0, 0.1) is 0 Å². The normalized spacial score (nSPS) is 13.5. The third-order valence-electron chi connectivity index (χ3n) is 3.23. The van der Waals surface area contributed by atoms with E-state index in [-0.39, 0.29) is 11.5 Å². The first-order chi connectivity index (χ1) is 9.34. The smallest absolute Gasteiger partial charge is 0.0683 e. The van der Waals surface area contributed by atoms with Crippen molar-refractivity contribution in [3.63, 3.8) is 0 Å². The Balaban J connectivity index is 2.43. The van der Waals surface area contributed by atoms with Crippen molar-refractivity contribution in [3.05, 3.63) is 55.1 Å². The lowest BCUT2D eigenvalue weighted by molar-refractivity contribution is 0.604. The summed E-state index contributed by atoms with van der Waals surface area (Å²) in [5.41, 5.74) is 1.29. The van der Waals surface area contributed by atoms with Crippen LogP contribution in [0.25, 0.3) is 0 Å². The van der Waals surface area contributed by atoms with E-state index in [0.29, 0.717) is 0 Å². The number of benzene rings is 1. The lowest BCUT2D eigenvalue weighted by atomic mass is 9.95. The maximum atomic E-state index is 6.43. The standard InChI is InChI=1S/C16H19BrClNS/c1-16(2,3)13-9-8-12(20-13)15(19-4)10-6-5-7-11(17)14(10)18/h5-9,15,19H,1-4H3. The first-order valence-corrected chi connectivity index (χ1v) is 8.54. The Hall–Kier alpha value is -0.350. The maximum Gasteiger partial charge on any atom is 0.0683 e. The van der Waals surface area contributed by atoms with Gasteiger partial charge in [-0.2, -0.15) is 0 Å². The first-order valence-electron chi connectivity index (χ1n) is 6.56. The molecule has 0 saturated carbocycles. The third-order valence-corrected chi connectivity index (χ3v) is 6.12. The Bertz CT molecular complexity index is 601. The highest BCUT2D eigenvalue weighted by atomic mass is 79.9. The minimum absolute atomic E-state index is 0.126. The fourth-order valence-electron chi connectivity index (χ4n) is 2.11. The SMILES string of the molecule is CNC(c1ccc(C(C)(C)C)s1)c1cccc(Br)c1Cl. The van der Waals surface area contributed by atoms with E-state index in [9.17, 15) is 0 Å². The molecule has 0 spiro atoms. The summed E-state index contributed by atoms with van der Waals surface area (Å²) in [7, 11) is 1.97. The number of thiophene rings is 1. The van der Waals surface area contributed by atoms with Crippen LogP contribution < -0.4 is 5.32 Å². The van der Waals surface area contributed by atoms with Crippen molar-refractivity contribution in [1.29, 1.82) is 0 Å². The van der Waals surface area contributed by atoms with Crippen LogP contribution in [0.4, 0.5) is 0 Å². The summed E-state index contributed by atoms with van der Waals surface area (Å²) >= 11 is 11.8. The molecule has 1 heterocycles. The van der Waals surface area contributed by atoms with E-state index in [2.05, 4.69) is 60.2 Å². The second kappa shape index (κ2) is 6.18. The van der Waals surface area contributed by atoms with E-state index < -0.39 is 0 Å². The molecule has 0 saturated heterocycles. The summed E-state index contributed by atoms with van der Waals surface area (Å²) in [6.07, 6.45) is 0. The van der Waals surface area contributed by atoms with Crippen molar-refractivity contribution in [1.82, 2.24) is 5.32 Å². The molecule has 1 atom stereocenters. The second-order valence-electron chi connectivity index (χ2n) is 5.82. The number of nitrogens with one attached hydrogen (secondary N) is 1. The van der Waals surface area contributed by atoms with Gasteiger partial charge in [0.1, 0.15) is 0 Å². The maximum absolute atomic E-state index is 6.43. The third kappa shape index (κ3) is 3.28. The second-order valence-corrected chi connectivity index (χ2v) is 8.16. The number of halogens is 2. The van der Waals surface area contributed by atoms with Gasteiger partial charge in [-0.25, -0.2) is 0 Å². The molecule has 108 valence electrons. The van der Waals surface area contributed by atoms with Gasteiger partial charge >= 0.3 is 0 Å². The van der Waals surface area contributed by atoms with Gasteiger partial charge in [-0.1, -0.05) is 44.5 Å². The van der Waals surface area contributed by atoms with Crippen LogP contribution in [0.3, 0.4) is 0 Å². The molecule has 1 unspecified atom stereocenters. The summed E-state index contributed by atoms with van der Waals surface area (Å²) < 4.78 is 0.935. The molecule has 0 aliphatic heterocycles. The molecule has 2 rings (SSSR count). The Morgan fingerprint density at radius 3 is 2.45 bits per heavy atom. The molecule has 1 nitrogen and oxygen atoms in total. The van der Waals surface area contributed by atoms with Crippen molar-refractivity contribution >= 4 is 38.9 Å². The Labute approximate surface area is 138 Å². The summed E-state index contributed by atoms with van der Waals surface area (Å²) in [6, 6.07) is 10.6. The van der Waals surface area contributed by atoms with Crippen LogP contribution in [0.5, 0.6) is 0 Å². The van der Waals surface area contributed by atoms with Gasteiger partial charge < -0.3 is 5.32 Å². The molecule has 0 amide bonds. The quantitative estimate of drug-likeness (QED) is 0.721. The zero-order valence-corrected chi connectivity index (χ0v) is 15.3. The van der Waals surface area contributed by atoms with Crippen LogP contribution in [0.1, 0.15) is 42.1 Å². The van der Waals surface area contributed by atoms with Crippen LogP contribution in [-0.2, 0) is 5.41 Å². The molecule has 1 aromatic carbocycles. The molecule has 0 bridgehead atoms. The number of rotatable bonds is 3. The predicted octanol–water partition coefficient (Wildman–Crippen LogP) is 5.77. The fraction of sp³-hybridized carbons (Fsp3) is 0.375. The lowest BCUT2D eigenvalue weighted by Crippen LogP contribution is -2.17. The van der Waals surface area contributed by atoms with Gasteiger partial charge in [-0.05, 0) is 52.2 Å². The topological polar surface area (TPSA) is 12.0 Å². The van der Waals surface area contributed by atoms with Crippen LogP contribution in [0.15, 0.2) is 34.8 Å². The summed E-state index contributed by atoms with van der Waals surface area (Å²) in [5, 5.41) is 4.15. The van der Waals surface area contributed by atoms with Gasteiger partial charge in [-0.15, -0.1) is 11.3 Å². The zero-order valence-electron chi connectivity index (χ0n) is 12.1.